The molecule has 0 unspecified atom stereocenters. The van der Waals surface area contributed by atoms with Crippen molar-refractivity contribution in [1.29, 1.82) is 5.41 Å². The van der Waals surface area contributed by atoms with Crippen LogP contribution in [-0.4, -0.2) is 10.7 Å². The summed E-state index contributed by atoms with van der Waals surface area (Å²) in [5.74, 6) is -0.530. The molecule has 1 heterocycles. The van der Waals surface area contributed by atoms with Gasteiger partial charge in [-0.15, -0.1) is 0 Å². The normalized spacial score (nSPS) is 13.8. The maximum atomic E-state index is 13.2. The summed E-state index contributed by atoms with van der Waals surface area (Å²) in [6.07, 6.45) is 0. The summed E-state index contributed by atoms with van der Waals surface area (Å²) in [5.41, 5.74) is 2.34. The van der Waals surface area contributed by atoms with Gasteiger partial charge in [0.1, 0.15) is 17.5 Å². The minimum absolute atomic E-state index is 0.0665. The monoisotopic (exact) mass is 292 g/mol. The fourth-order valence-electron chi connectivity index (χ4n) is 2.36. The Labute approximate surface area is 120 Å². The Morgan fingerprint density at radius 2 is 1.95 bits per heavy atom. The van der Waals surface area contributed by atoms with Crippen molar-refractivity contribution < 1.29 is 8.78 Å². The summed E-state index contributed by atoms with van der Waals surface area (Å²) in [4.78, 5) is 1.80. The van der Waals surface area contributed by atoms with Crippen molar-refractivity contribution in [1.82, 2.24) is 4.90 Å². The Hall–Kier alpha value is -1.94. The van der Waals surface area contributed by atoms with E-state index in [-0.39, 0.29) is 16.7 Å². The van der Waals surface area contributed by atoms with Gasteiger partial charge < -0.3 is 4.90 Å². The van der Waals surface area contributed by atoms with Crippen molar-refractivity contribution in [2.45, 2.75) is 13.1 Å². The van der Waals surface area contributed by atoms with Gasteiger partial charge in [-0.2, -0.15) is 0 Å². The summed E-state index contributed by atoms with van der Waals surface area (Å²) >= 11 is 5.75. The highest BCUT2D eigenvalue weighted by Gasteiger charge is 2.24. The molecule has 0 bridgehead atoms. The van der Waals surface area contributed by atoms with Crippen LogP contribution in [0.2, 0.25) is 5.02 Å². The summed E-state index contributed by atoms with van der Waals surface area (Å²) in [6.45, 7) is 0.985. The molecule has 1 aliphatic heterocycles. The smallest absolute Gasteiger partial charge is 0.141 e. The van der Waals surface area contributed by atoms with Crippen molar-refractivity contribution in [3.05, 3.63) is 69.7 Å². The lowest BCUT2D eigenvalue weighted by Crippen LogP contribution is -2.23. The molecule has 2 nitrogen and oxygen atoms in total. The number of nitrogens with zero attached hydrogens (tertiary/aromatic N) is 1. The SMILES string of the molecule is N=C1c2cc(F)ccc2CN1Cc1ccc(F)c(Cl)c1. The van der Waals surface area contributed by atoms with E-state index in [9.17, 15) is 8.78 Å². The standard InChI is InChI=1S/C15H11ClF2N2/c16-13-5-9(1-4-14(13)18)7-20-8-10-2-3-11(17)6-12(10)15(20)19/h1-6,19H,7-8H2. The van der Waals surface area contributed by atoms with E-state index in [4.69, 9.17) is 17.0 Å². The maximum Gasteiger partial charge on any atom is 0.141 e. The maximum absolute atomic E-state index is 13.2. The highest BCUT2D eigenvalue weighted by Crippen LogP contribution is 2.26. The van der Waals surface area contributed by atoms with Crippen LogP contribution in [0.15, 0.2) is 36.4 Å². The summed E-state index contributed by atoms with van der Waals surface area (Å²) in [7, 11) is 0. The van der Waals surface area contributed by atoms with E-state index in [1.807, 2.05) is 0 Å². The highest BCUT2D eigenvalue weighted by atomic mass is 35.5. The summed E-state index contributed by atoms with van der Waals surface area (Å²) < 4.78 is 26.3. The van der Waals surface area contributed by atoms with Gasteiger partial charge >= 0.3 is 0 Å². The Morgan fingerprint density at radius 3 is 2.70 bits per heavy atom. The van der Waals surface area contributed by atoms with Crippen molar-refractivity contribution in [3.8, 4) is 0 Å². The van der Waals surface area contributed by atoms with Gasteiger partial charge in [0.05, 0.1) is 5.02 Å². The molecule has 102 valence electrons. The Bertz CT molecular complexity index is 700. The molecule has 2 aromatic rings. The third kappa shape index (κ3) is 2.27. The molecule has 0 aliphatic carbocycles. The lowest BCUT2D eigenvalue weighted by Gasteiger charge is -2.18. The number of fused-ring (bicyclic) bond motifs is 1. The van der Waals surface area contributed by atoms with Crippen LogP contribution in [0.25, 0.3) is 0 Å². The van der Waals surface area contributed by atoms with Crippen LogP contribution in [-0.2, 0) is 13.1 Å². The molecule has 1 N–H and O–H groups in total. The van der Waals surface area contributed by atoms with E-state index >= 15 is 0 Å². The van der Waals surface area contributed by atoms with Gasteiger partial charge in [0.15, 0.2) is 0 Å². The van der Waals surface area contributed by atoms with Crippen LogP contribution in [0.4, 0.5) is 8.78 Å². The lowest BCUT2D eigenvalue weighted by molar-refractivity contribution is 0.422. The van der Waals surface area contributed by atoms with Gasteiger partial charge in [-0.25, -0.2) is 8.78 Å². The van der Waals surface area contributed by atoms with Crippen LogP contribution in [0.1, 0.15) is 16.7 Å². The fraction of sp³-hybridized carbons (Fsp3) is 0.133. The number of hydrogen-bond donors (Lipinski definition) is 1. The van der Waals surface area contributed by atoms with Gasteiger partial charge in [-0.3, -0.25) is 5.41 Å². The van der Waals surface area contributed by atoms with Gasteiger partial charge in [0.2, 0.25) is 0 Å². The van der Waals surface area contributed by atoms with Gasteiger partial charge in [0, 0.05) is 18.7 Å². The third-order valence-electron chi connectivity index (χ3n) is 3.36. The Kier molecular flexibility index (Phi) is 3.18. The van der Waals surface area contributed by atoms with Crippen LogP contribution < -0.4 is 0 Å². The predicted molar refractivity (Wildman–Crippen MR) is 73.9 cm³/mol. The molecule has 0 amide bonds. The molecule has 1 aliphatic rings. The molecule has 0 fully saturated rings. The van der Waals surface area contributed by atoms with E-state index in [1.165, 1.54) is 18.2 Å². The van der Waals surface area contributed by atoms with Crippen LogP contribution in [0.3, 0.4) is 0 Å². The van der Waals surface area contributed by atoms with Gasteiger partial charge in [-0.1, -0.05) is 23.7 Å². The molecule has 0 atom stereocenters. The third-order valence-corrected chi connectivity index (χ3v) is 3.65. The number of nitrogens with one attached hydrogen (secondary N) is 1. The van der Waals surface area contributed by atoms with E-state index in [2.05, 4.69) is 0 Å². The van der Waals surface area contributed by atoms with E-state index < -0.39 is 5.82 Å². The zero-order valence-electron chi connectivity index (χ0n) is 10.5. The minimum Gasteiger partial charge on any atom is -0.348 e. The Morgan fingerprint density at radius 1 is 1.15 bits per heavy atom. The molecular weight excluding hydrogens is 282 g/mol. The molecular formula is C15H11ClF2N2. The molecule has 5 heteroatoms. The number of hydrogen-bond acceptors (Lipinski definition) is 1. The van der Waals surface area contributed by atoms with Crippen molar-refractivity contribution >= 4 is 17.4 Å². The molecule has 0 saturated heterocycles. The quantitative estimate of drug-likeness (QED) is 0.891. The first kappa shape index (κ1) is 13.1. The number of benzene rings is 2. The zero-order chi connectivity index (χ0) is 14.3. The average molecular weight is 293 g/mol. The molecule has 2 aromatic carbocycles. The summed E-state index contributed by atoms with van der Waals surface area (Å²) in [5, 5.41) is 8.15. The summed E-state index contributed by atoms with van der Waals surface area (Å²) in [6, 6.07) is 8.95. The van der Waals surface area contributed by atoms with Crippen molar-refractivity contribution in [2.75, 3.05) is 0 Å². The van der Waals surface area contributed by atoms with Gasteiger partial charge in [0.25, 0.3) is 0 Å². The number of rotatable bonds is 2. The van der Waals surface area contributed by atoms with Crippen molar-refractivity contribution in [3.63, 3.8) is 0 Å². The number of amidine groups is 1. The highest BCUT2D eigenvalue weighted by molar-refractivity contribution is 6.30. The first-order valence-electron chi connectivity index (χ1n) is 6.11. The molecule has 20 heavy (non-hydrogen) atoms. The first-order chi connectivity index (χ1) is 9.54. The van der Waals surface area contributed by atoms with E-state index in [0.717, 1.165) is 11.1 Å². The second-order valence-corrected chi connectivity index (χ2v) is 5.16. The Balaban J connectivity index is 1.84. The zero-order valence-corrected chi connectivity index (χ0v) is 11.2. The molecule has 0 saturated carbocycles. The average Bonchev–Trinajstić information content (AvgIpc) is 2.71. The van der Waals surface area contributed by atoms with E-state index in [0.29, 0.717) is 18.7 Å². The van der Waals surface area contributed by atoms with Crippen LogP contribution >= 0.6 is 11.6 Å². The lowest BCUT2D eigenvalue weighted by atomic mass is 10.1. The second kappa shape index (κ2) is 4.87. The minimum atomic E-state index is -0.461. The second-order valence-electron chi connectivity index (χ2n) is 4.75. The van der Waals surface area contributed by atoms with E-state index in [1.54, 1.807) is 23.1 Å². The number of halogens is 3. The molecule has 0 aromatic heterocycles. The topological polar surface area (TPSA) is 27.1 Å². The van der Waals surface area contributed by atoms with Crippen LogP contribution in [0, 0.1) is 17.0 Å². The molecule has 3 rings (SSSR count). The fourth-order valence-corrected chi connectivity index (χ4v) is 2.56. The van der Waals surface area contributed by atoms with Gasteiger partial charge in [-0.05, 0) is 35.4 Å². The van der Waals surface area contributed by atoms with Crippen LogP contribution in [0.5, 0.6) is 0 Å². The largest absolute Gasteiger partial charge is 0.348 e. The predicted octanol–water partition coefficient (Wildman–Crippen LogP) is 3.96. The first-order valence-corrected chi connectivity index (χ1v) is 6.48. The van der Waals surface area contributed by atoms with Crippen molar-refractivity contribution in [2.24, 2.45) is 0 Å². The molecule has 0 radical (unpaired) electrons. The molecule has 0 spiro atoms.